The average molecular weight is 250 g/mol. The normalized spacial score (nSPS) is 16.7. The number of hydrogen-bond donors (Lipinski definition) is 1. The van der Waals surface area contributed by atoms with E-state index in [0.29, 0.717) is 12.2 Å². The molecule has 0 radical (unpaired) electrons. The molecule has 2 rings (SSSR count). The van der Waals surface area contributed by atoms with Crippen molar-refractivity contribution >= 4 is 11.6 Å². The van der Waals surface area contributed by atoms with Crippen LogP contribution in [0.2, 0.25) is 0 Å². The van der Waals surface area contributed by atoms with E-state index in [0.717, 1.165) is 37.3 Å². The molecule has 0 bridgehead atoms. The van der Waals surface area contributed by atoms with Crippen molar-refractivity contribution in [2.75, 3.05) is 18.8 Å². The molecule has 0 aliphatic carbocycles. The largest absolute Gasteiger partial charge is 0.396 e. The predicted octanol–water partition coefficient (Wildman–Crippen LogP) is 1.48. The summed E-state index contributed by atoms with van der Waals surface area (Å²) < 4.78 is 1.72. The van der Waals surface area contributed by atoms with Gasteiger partial charge in [-0.25, -0.2) is 0 Å². The average Bonchev–Trinajstić information content (AvgIpc) is 2.59. The number of aromatic nitrogens is 2. The van der Waals surface area contributed by atoms with Crippen LogP contribution in [0.3, 0.4) is 0 Å². The van der Waals surface area contributed by atoms with Gasteiger partial charge in [-0.1, -0.05) is 12.8 Å². The molecule has 5 nitrogen and oxygen atoms in total. The van der Waals surface area contributed by atoms with Crippen LogP contribution in [0.1, 0.15) is 37.1 Å². The van der Waals surface area contributed by atoms with Gasteiger partial charge in [0.25, 0.3) is 0 Å². The number of nitrogen functional groups attached to an aromatic ring is 1. The molecule has 1 aromatic rings. The minimum atomic E-state index is 0.155. The molecule has 1 saturated heterocycles. The maximum atomic E-state index is 12.2. The fourth-order valence-electron chi connectivity index (χ4n) is 2.41. The second kappa shape index (κ2) is 5.42. The third kappa shape index (κ3) is 2.66. The zero-order valence-electron chi connectivity index (χ0n) is 11.3. The smallest absolute Gasteiger partial charge is 0.244 e. The van der Waals surface area contributed by atoms with E-state index in [1.165, 1.54) is 12.8 Å². The van der Waals surface area contributed by atoms with Crippen molar-refractivity contribution in [3.63, 3.8) is 0 Å². The summed E-state index contributed by atoms with van der Waals surface area (Å²) in [4.78, 5) is 14.2. The van der Waals surface area contributed by atoms with Crippen LogP contribution < -0.4 is 5.73 Å². The highest BCUT2D eigenvalue weighted by molar-refractivity contribution is 5.76. The van der Waals surface area contributed by atoms with Crippen molar-refractivity contribution in [2.24, 2.45) is 0 Å². The Kier molecular flexibility index (Phi) is 3.89. The SMILES string of the molecule is Cc1nn(CC(=O)N2CCCCCC2)c(C)c1N. The van der Waals surface area contributed by atoms with E-state index in [1.807, 2.05) is 18.7 Å². The molecule has 1 aromatic heterocycles. The number of likely N-dealkylation sites (tertiary alicyclic amines) is 1. The van der Waals surface area contributed by atoms with Gasteiger partial charge >= 0.3 is 0 Å². The summed E-state index contributed by atoms with van der Waals surface area (Å²) in [6.45, 7) is 5.85. The van der Waals surface area contributed by atoms with E-state index < -0.39 is 0 Å². The maximum Gasteiger partial charge on any atom is 0.244 e. The first-order chi connectivity index (χ1) is 8.59. The van der Waals surface area contributed by atoms with Gasteiger partial charge in [-0.2, -0.15) is 5.10 Å². The van der Waals surface area contributed by atoms with Gasteiger partial charge in [0, 0.05) is 13.1 Å². The number of amides is 1. The van der Waals surface area contributed by atoms with Crippen molar-refractivity contribution < 1.29 is 4.79 Å². The van der Waals surface area contributed by atoms with E-state index in [9.17, 15) is 4.79 Å². The lowest BCUT2D eigenvalue weighted by atomic mass is 10.2. The third-order valence-electron chi connectivity index (χ3n) is 3.68. The molecule has 0 atom stereocenters. The van der Waals surface area contributed by atoms with Gasteiger partial charge in [-0.3, -0.25) is 9.48 Å². The van der Waals surface area contributed by atoms with Crippen LogP contribution in [0.25, 0.3) is 0 Å². The first-order valence-corrected chi connectivity index (χ1v) is 6.67. The Labute approximate surface area is 108 Å². The second-order valence-corrected chi connectivity index (χ2v) is 5.04. The number of rotatable bonds is 2. The van der Waals surface area contributed by atoms with Crippen molar-refractivity contribution in [2.45, 2.75) is 46.1 Å². The number of carbonyl (C=O) groups is 1. The number of anilines is 1. The van der Waals surface area contributed by atoms with Crippen LogP contribution in [0.15, 0.2) is 0 Å². The third-order valence-corrected chi connectivity index (χ3v) is 3.68. The number of nitrogens with two attached hydrogens (primary N) is 1. The Balaban J connectivity index is 2.03. The van der Waals surface area contributed by atoms with Crippen molar-refractivity contribution in [3.05, 3.63) is 11.4 Å². The maximum absolute atomic E-state index is 12.2. The number of hydrogen-bond acceptors (Lipinski definition) is 3. The lowest BCUT2D eigenvalue weighted by molar-refractivity contribution is -0.132. The van der Waals surface area contributed by atoms with Gasteiger partial charge in [0.05, 0.1) is 17.1 Å². The molecule has 100 valence electrons. The van der Waals surface area contributed by atoms with E-state index in [2.05, 4.69) is 5.10 Å². The van der Waals surface area contributed by atoms with E-state index >= 15 is 0 Å². The van der Waals surface area contributed by atoms with E-state index in [-0.39, 0.29) is 5.91 Å². The summed E-state index contributed by atoms with van der Waals surface area (Å²) in [6, 6.07) is 0. The van der Waals surface area contributed by atoms with E-state index in [4.69, 9.17) is 5.73 Å². The number of carbonyl (C=O) groups excluding carboxylic acids is 1. The first kappa shape index (κ1) is 12.9. The lowest BCUT2D eigenvalue weighted by Gasteiger charge is -2.20. The molecule has 1 aliphatic heterocycles. The molecule has 0 unspecified atom stereocenters. The lowest BCUT2D eigenvalue weighted by Crippen LogP contribution is -2.35. The minimum absolute atomic E-state index is 0.155. The topological polar surface area (TPSA) is 64.2 Å². The molecule has 1 fully saturated rings. The highest BCUT2D eigenvalue weighted by atomic mass is 16.2. The number of nitrogens with zero attached hydrogens (tertiary/aromatic N) is 3. The Bertz CT molecular complexity index is 430. The second-order valence-electron chi connectivity index (χ2n) is 5.04. The van der Waals surface area contributed by atoms with Crippen LogP contribution in [0, 0.1) is 13.8 Å². The van der Waals surface area contributed by atoms with Gasteiger partial charge < -0.3 is 10.6 Å². The molecular formula is C13H22N4O. The predicted molar refractivity (Wildman–Crippen MR) is 71.2 cm³/mol. The summed E-state index contributed by atoms with van der Waals surface area (Å²) in [5.41, 5.74) is 8.25. The zero-order valence-corrected chi connectivity index (χ0v) is 11.3. The fraction of sp³-hybridized carbons (Fsp3) is 0.692. The quantitative estimate of drug-likeness (QED) is 0.864. The molecule has 0 spiro atoms. The van der Waals surface area contributed by atoms with Crippen LogP contribution in [-0.4, -0.2) is 33.7 Å². The Morgan fingerprint density at radius 3 is 2.33 bits per heavy atom. The molecule has 5 heteroatoms. The van der Waals surface area contributed by atoms with Crippen LogP contribution >= 0.6 is 0 Å². The molecule has 0 saturated carbocycles. The van der Waals surface area contributed by atoms with Crippen molar-refractivity contribution in [3.8, 4) is 0 Å². The van der Waals surface area contributed by atoms with Crippen LogP contribution in [-0.2, 0) is 11.3 Å². The number of aryl methyl sites for hydroxylation is 1. The Hall–Kier alpha value is -1.52. The molecule has 0 aromatic carbocycles. The highest BCUT2D eigenvalue weighted by Crippen LogP contribution is 2.15. The van der Waals surface area contributed by atoms with Gasteiger partial charge in [-0.15, -0.1) is 0 Å². The summed E-state index contributed by atoms with van der Waals surface area (Å²) >= 11 is 0. The first-order valence-electron chi connectivity index (χ1n) is 6.67. The fourth-order valence-corrected chi connectivity index (χ4v) is 2.41. The summed E-state index contributed by atoms with van der Waals surface area (Å²) in [5.74, 6) is 0.155. The van der Waals surface area contributed by atoms with Crippen molar-refractivity contribution in [1.82, 2.24) is 14.7 Å². The van der Waals surface area contributed by atoms with Crippen LogP contribution in [0.5, 0.6) is 0 Å². The monoisotopic (exact) mass is 250 g/mol. The highest BCUT2D eigenvalue weighted by Gasteiger charge is 2.18. The summed E-state index contributed by atoms with van der Waals surface area (Å²) in [5, 5.41) is 4.31. The summed E-state index contributed by atoms with van der Waals surface area (Å²) in [6.07, 6.45) is 4.70. The van der Waals surface area contributed by atoms with Crippen molar-refractivity contribution in [1.29, 1.82) is 0 Å². The Morgan fingerprint density at radius 1 is 1.22 bits per heavy atom. The van der Waals surface area contributed by atoms with Crippen LogP contribution in [0.4, 0.5) is 5.69 Å². The molecule has 1 amide bonds. The zero-order chi connectivity index (χ0) is 13.1. The van der Waals surface area contributed by atoms with Gasteiger partial charge in [-0.05, 0) is 26.7 Å². The minimum Gasteiger partial charge on any atom is -0.396 e. The molecule has 18 heavy (non-hydrogen) atoms. The summed E-state index contributed by atoms with van der Waals surface area (Å²) in [7, 11) is 0. The standard InChI is InChI=1S/C13H22N4O/c1-10-13(14)11(2)17(15-10)9-12(18)16-7-5-3-4-6-8-16/h3-9,14H2,1-2H3. The van der Waals surface area contributed by atoms with Gasteiger partial charge in [0.1, 0.15) is 6.54 Å². The molecule has 2 heterocycles. The van der Waals surface area contributed by atoms with Gasteiger partial charge in [0.2, 0.25) is 5.91 Å². The molecular weight excluding hydrogens is 228 g/mol. The van der Waals surface area contributed by atoms with E-state index in [1.54, 1.807) is 4.68 Å². The molecule has 1 aliphatic rings. The molecule has 2 N–H and O–H groups in total. The van der Waals surface area contributed by atoms with Gasteiger partial charge in [0.15, 0.2) is 0 Å². The Morgan fingerprint density at radius 2 is 1.83 bits per heavy atom.